The van der Waals surface area contributed by atoms with Gasteiger partial charge in [-0.05, 0) is 25.0 Å². The zero-order valence-corrected chi connectivity index (χ0v) is 15.8. The van der Waals surface area contributed by atoms with Crippen LogP contribution in [-0.4, -0.2) is 26.6 Å². The number of hydrogen-bond donors (Lipinski definition) is 1. The lowest BCUT2D eigenvalue weighted by molar-refractivity contribution is 0.233. The molecular weight excluding hydrogens is 356 g/mol. The van der Waals surface area contributed by atoms with E-state index >= 15 is 0 Å². The van der Waals surface area contributed by atoms with Crippen LogP contribution in [0.1, 0.15) is 60.8 Å². The number of H-pyrrole nitrogens is 1. The van der Waals surface area contributed by atoms with Gasteiger partial charge in [0.25, 0.3) is 5.56 Å². The third-order valence-electron chi connectivity index (χ3n) is 5.87. The second-order valence-electron chi connectivity index (χ2n) is 7.83. The van der Waals surface area contributed by atoms with Gasteiger partial charge in [-0.2, -0.15) is 0 Å². The topological polar surface area (TPSA) is 88.2 Å². The minimum atomic E-state index is 0.0201. The van der Waals surface area contributed by atoms with Gasteiger partial charge in [0, 0.05) is 38.0 Å². The van der Waals surface area contributed by atoms with E-state index in [0.29, 0.717) is 30.5 Å². The van der Waals surface area contributed by atoms with Crippen LogP contribution in [0.5, 0.6) is 0 Å². The summed E-state index contributed by atoms with van der Waals surface area (Å²) in [5.41, 5.74) is 2.61. The van der Waals surface area contributed by atoms with E-state index in [0.717, 1.165) is 48.6 Å². The first-order valence-corrected chi connectivity index (χ1v) is 10.1. The molecule has 3 aromatic heterocycles. The number of rotatable bonds is 4. The molecule has 7 heteroatoms. The Morgan fingerprint density at radius 2 is 2.11 bits per heavy atom. The number of fused-ring (bicyclic) bond motifs is 1. The van der Waals surface area contributed by atoms with Crippen molar-refractivity contribution in [3.8, 4) is 11.5 Å². The smallest absolute Gasteiger partial charge is 0.255 e. The Morgan fingerprint density at radius 3 is 2.93 bits per heavy atom. The van der Waals surface area contributed by atoms with Gasteiger partial charge in [-0.15, -0.1) is 0 Å². The van der Waals surface area contributed by atoms with E-state index in [1.54, 1.807) is 6.26 Å². The van der Waals surface area contributed by atoms with E-state index in [1.807, 2.05) is 18.2 Å². The molecule has 1 aliphatic carbocycles. The molecule has 0 unspecified atom stereocenters. The standard InChI is InChI=1S/C21H24N4O3/c26-21-16-13-25(12-15-11-19(28-24-15)18-7-4-10-27-18)9-8-17(16)22-20(23-21)14-5-2-1-3-6-14/h4,7,10-11,14H,1-3,5-6,8-9,12-13H2,(H,22,23,26). The Balaban J connectivity index is 1.31. The molecule has 2 aliphatic rings. The zero-order valence-electron chi connectivity index (χ0n) is 15.8. The average molecular weight is 380 g/mol. The van der Waals surface area contributed by atoms with Crippen LogP contribution in [0.4, 0.5) is 0 Å². The van der Waals surface area contributed by atoms with Crippen molar-refractivity contribution in [1.29, 1.82) is 0 Å². The highest BCUT2D eigenvalue weighted by Crippen LogP contribution is 2.31. The summed E-state index contributed by atoms with van der Waals surface area (Å²) in [7, 11) is 0. The molecule has 0 bridgehead atoms. The van der Waals surface area contributed by atoms with Gasteiger partial charge in [-0.25, -0.2) is 4.98 Å². The van der Waals surface area contributed by atoms with Crippen LogP contribution in [0, 0.1) is 0 Å². The molecule has 1 fully saturated rings. The van der Waals surface area contributed by atoms with E-state index in [2.05, 4.69) is 15.0 Å². The first-order valence-electron chi connectivity index (χ1n) is 10.1. The summed E-state index contributed by atoms with van der Waals surface area (Å²) in [6.45, 7) is 2.08. The van der Waals surface area contributed by atoms with E-state index < -0.39 is 0 Å². The fourth-order valence-electron chi connectivity index (χ4n) is 4.35. The lowest BCUT2D eigenvalue weighted by Crippen LogP contribution is -2.36. The van der Waals surface area contributed by atoms with Gasteiger partial charge in [0.15, 0.2) is 5.76 Å². The molecule has 28 heavy (non-hydrogen) atoms. The number of hydrogen-bond acceptors (Lipinski definition) is 6. The van der Waals surface area contributed by atoms with Crippen LogP contribution in [-0.2, 0) is 19.5 Å². The second-order valence-corrected chi connectivity index (χ2v) is 7.83. The van der Waals surface area contributed by atoms with Crippen molar-refractivity contribution in [2.45, 2.75) is 57.5 Å². The summed E-state index contributed by atoms with van der Waals surface area (Å²) < 4.78 is 10.7. The Kier molecular flexibility index (Phi) is 4.60. The molecule has 0 spiro atoms. The highest BCUT2D eigenvalue weighted by Gasteiger charge is 2.25. The van der Waals surface area contributed by atoms with Crippen molar-refractivity contribution in [2.24, 2.45) is 0 Å². The molecule has 0 aromatic carbocycles. The maximum absolute atomic E-state index is 12.7. The van der Waals surface area contributed by atoms with Gasteiger partial charge < -0.3 is 13.9 Å². The maximum atomic E-state index is 12.7. The predicted octanol–water partition coefficient (Wildman–Crippen LogP) is 3.62. The normalized spacial score (nSPS) is 18.3. The molecule has 1 aliphatic heterocycles. The number of nitrogens with zero attached hydrogens (tertiary/aromatic N) is 3. The summed E-state index contributed by atoms with van der Waals surface area (Å²) in [6.07, 6.45) is 8.44. The number of nitrogens with one attached hydrogen (secondary N) is 1. The SMILES string of the molecule is O=c1[nH]c(C2CCCCC2)nc2c1CN(Cc1cc(-c3ccco3)on1)CC2. The van der Waals surface area contributed by atoms with Gasteiger partial charge in [-0.3, -0.25) is 9.69 Å². The highest BCUT2D eigenvalue weighted by molar-refractivity contribution is 5.49. The Labute approximate surface area is 162 Å². The first-order chi connectivity index (χ1) is 13.8. The van der Waals surface area contributed by atoms with Gasteiger partial charge >= 0.3 is 0 Å². The minimum Gasteiger partial charge on any atom is -0.461 e. The van der Waals surface area contributed by atoms with Gasteiger partial charge in [0.05, 0.1) is 23.2 Å². The molecule has 3 aromatic rings. The van der Waals surface area contributed by atoms with Crippen molar-refractivity contribution in [1.82, 2.24) is 20.0 Å². The van der Waals surface area contributed by atoms with Crippen molar-refractivity contribution in [2.75, 3.05) is 6.54 Å². The van der Waals surface area contributed by atoms with Crippen molar-refractivity contribution < 1.29 is 8.94 Å². The first kappa shape index (κ1) is 17.4. The van der Waals surface area contributed by atoms with E-state index in [9.17, 15) is 4.79 Å². The van der Waals surface area contributed by atoms with Gasteiger partial charge in [0.2, 0.25) is 5.76 Å². The Hall–Kier alpha value is -2.67. The second kappa shape index (κ2) is 7.39. The van der Waals surface area contributed by atoms with E-state index in [1.165, 1.54) is 19.3 Å². The van der Waals surface area contributed by atoms with Crippen molar-refractivity contribution in [3.63, 3.8) is 0 Å². The number of furan rings is 1. The molecule has 5 rings (SSSR count). The van der Waals surface area contributed by atoms with Crippen molar-refractivity contribution >= 4 is 0 Å². The van der Waals surface area contributed by atoms with Crippen LogP contribution >= 0.6 is 0 Å². The van der Waals surface area contributed by atoms with Crippen molar-refractivity contribution in [3.05, 3.63) is 57.6 Å². The summed E-state index contributed by atoms with van der Waals surface area (Å²) in [5.74, 6) is 2.60. The molecule has 0 saturated heterocycles. The predicted molar refractivity (Wildman–Crippen MR) is 103 cm³/mol. The fourth-order valence-corrected chi connectivity index (χ4v) is 4.35. The molecule has 7 nitrogen and oxygen atoms in total. The Morgan fingerprint density at radius 1 is 1.21 bits per heavy atom. The summed E-state index contributed by atoms with van der Waals surface area (Å²) >= 11 is 0. The molecule has 4 heterocycles. The third kappa shape index (κ3) is 3.42. The Bertz CT molecular complexity index is 999. The summed E-state index contributed by atoms with van der Waals surface area (Å²) in [4.78, 5) is 22.8. The van der Waals surface area contributed by atoms with Crippen LogP contribution in [0.25, 0.3) is 11.5 Å². The minimum absolute atomic E-state index is 0.0201. The summed E-state index contributed by atoms with van der Waals surface area (Å²) in [5, 5.41) is 4.14. The van der Waals surface area contributed by atoms with Crippen LogP contribution in [0.3, 0.4) is 0 Å². The van der Waals surface area contributed by atoms with Crippen LogP contribution < -0.4 is 5.56 Å². The molecule has 0 atom stereocenters. The molecule has 1 saturated carbocycles. The highest BCUT2D eigenvalue weighted by atomic mass is 16.5. The van der Waals surface area contributed by atoms with E-state index in [-0.39, 0.29) is 5.56 Å². The van der Waals surface area contributed by atoms with Gasteiger partial charge in [0.1, 0.15) is 5.82 Å². The largest absolute Gasteiger partial charge is 0.461 e. The molecular formula is C21H24N4O3. The monoisotopic (exact) mass is 380 g/mol. The molecule has 0 amide bonds. The van der Waals surface area contributed by atoms with Crippen LogP contribution in [0.2, 0.25) is 0 Å². The molecule has 146 valence electrons. The number of aromatic amines is 1. The average Bonchev–Trinajstić information content (AvgIpc) is 3.41. The quantitative estimate of drug-likeness (QED) is 0.744. The fraction of sp³-hybridized carbons (Fsp3) is 0.476. The maximum Gasteiger partial charge on any atom is 0.255 e. The van der Waals surface area contributed by atoms with Crippen LogP contribution in [0.15, 0.2) is 38.2 Å². The lowest BCUT2D eigenvalue weighted by atomic mass is 9.88. The number of aromatic nitrogens is 3. The third-order valence-corrected chi connectivity index (χ3v) is 5.87. The van der Waals surface area contributed by atoms with Gasteiger partial charge in [-0.1, -0.05) is 24.4 Å². The lowest BCUT2D eigenvalue weighted by Gasteiger charge is -2.28. The molecule has 0 radical (unpaired) electrons. The molecule has 1 N–H and O–H groups in total. The van der Waals surface area contributed by atoms with E-state index in [4.69, 9.17) is 13.9 Å². The zero-order chi connectivity index (χ0) is 18.9. The summed E-state index contributed by atoms with van der Waals surface area (Å²) in [6, 6.07) is 5.56.